The van der Waals surface area contributed by atoms with Crippen LogP contribution in [0.25, 0.3) is 0 Å². The Morgan fingerprint density at radius 1 is 0.920 bits per heavy atom. The molecule has 0 spiro atoms. The van der Waals surface area contributed by atoms with Crippen LogP contribution in [0, 0.1) is 5.82 Å². The van der Waals surface area contributed by atoms with Crippen molar-refractivity contribution in [2.24, 2.45) is 0 Å². The van der Waals surface area contributed by atoms with Gasteiger partial charge in [0, 0.05) is 12.3 Å². The molecular formula is C20H18FNO3. The highest BCUT2D eigenvalue weighted by molar-refractivity contribution is 5.35. The number of halogens is 1. The van der Waals surface area contributed by atoms with Gasteiger partial charge in [-0.1, -0.05) is 18.2 Å². The molecule has 25 heavy (non-hydrogen) atoms. The van der Waals surface area contributed by atoms with Gasteiger partial charge in [0.05, 0.1) is 0 Å². The maximum atomic E-state index is 13.6. The van der Waals surface area contributed by atoms with E-state index in [0.29, 0.717) is 24.0 Å². The summed E-state index contributed by atoms with van der Waals surface area (Å²) < 4.78 is 30.4. The van der Waals surface area contributed by atoms with Crippen molar-refractivity contribution >= 4 is 0 Å². The molecule has 0 fully saturated rings. The predicted molar refractivity (Wildman–Crippen MR) is 92.7 cm³/mol. The van der Waals surface area contributed by atoms with Crippen LogP contribution < -0.4 is 14.2 Å². The second kappa shape index (κ2) is 8.15. The Kier molecular flexibility index (Phi) is 5.46. The number of benzene rings is 2. The molecule has 0 amide bonds. The third-order valence-corrected chi connectivity index (χ3v) is 3.33. The molecule has 5 heteroatoms. The quantitative estimate of drug-likeness (QED) is 0.616. The molecule has 1 unspecified atom stereocenters. The van der Waals surface area contributed by atoms with Gasteiger partial charge in [0.25, 0.3) is 0 Å². The zero-order chi connectivity index (χ0) is 17.5. The standard InChI is InChI=1S/C20H18FNO3/c1-15(24-20-8-4-5-13-22-20)14-23-16-9-11-17(12-10-16)25-19-7-3-2-6-18(19)21/h2-13,15H,14H2,1H3. The van der Waals surface area contributed by atoms with Crippen LogP contribution in [0.5, 0.6) is 23.1 Å². The van der Waals surface area contributed by atoms with E-state index in [4.69, 9.17) is 14.2 Å². The second-order valence-electron chi connectivity index (χ2n) is 5.41. The van der Waals surface area contributed by atoms with Gasteiger partial charge in [-0.05, 0) is 49.4 Å². The number of aromatic nitrogens is 1. The molecule has 1 atom stereocenters. The Labute approximate surface area is 145 Å². The summed E-state index contributed by atoms with van der Waals surface area (Å²) in [5, 5.41) is 0. The van der Waals surface area contributed by atoms with E-state index in [2.05, 4.69) is 4.98 Å². The van der Waals surface area contributed by atoms with Crippen molar-refractivity contribution in [1.29, 1.82) is 0 Å². The van der Waals surface area contributed by atoms with Gasteiger partial charge >= 0.3 is 0 Å². The molecule has 1 heterocycles. The molecule has 128 valence electrons. The first-order chi connectivity index (χ1) is 12.2. The molecule has 0 N–H and O–H groups in total. The van der Waals surface area contributed by atoms with E-state index in [-0.39, 0.29) is 11.9 Å². The van der Waals surface area contributed by atoms with Crippen LogP contribution in [-0.4, -0.2) is 17.7 Å². The fourth-order valence-electron chi connectivity index (χ4n) is 2.13. The molecule has 0 saturated heterocycles. The van der Waals surface area contributed by atoms with E-state index in [1.165, 1.54) is 6.07 Å². The molecule has 0 radical (unpaired) electrons. The average molecular weight is 339 g/mol. The SMILES string of the molecule is CC(COc1ccc(Oc2ccccc2F)cc1)Oc1ccccn1. The summed E-state index contributed by atoms with van der Waals surface area (Å²) in [6.45, 7) is 2.29. The molecule has 0 aliphatic rings. The van der Waals surface area contributed by atoms with Crippen molar-refractivity contribution in [2.75, 3.05) is 6.61 Å². The Hall–Kier alpha value is -3.08. The Bertz CT molecular complexity index is 794. The topological polar surface area (TPSA) is 40.6 Å². The summed E-state index contributed by atoms with van der Waals surface area (Å²) in [5.41, 5.74) is 0. The molecule has 0 aliphatic heterocycles. The largest absolute Gasteiger partial charge is 0.490 e. The Morgan fingerprint density at radius 3 is 2.36 bits per heavy atom. The van der Waals surface area contributed by atoms with Gasteiger partial charge < -0.3 is 14.2 Å². The van der Waals surface area contributed by atoms with Crippen LogP contribution in [0.1, 0.15) is 6.92 Å². The van der Waals surface area contributed by atoms with Crippen molar-refractivity contribution in [3.63, 3.8) is 0 Å². The number of pyridine rings is 1. The van der Waals surface area contributed by atoms with E-state index < -0.39 is 5.82 Å². The Balaban J connectivity index is 1.51. The minimum atomic E-state index is -0.400. The second-order valence-corrected chi connectivity index (χ2v) is 5.41. The molecule has 2 aromatic carbocycles. The molecular weight excluding hydrogens is 321 g/mol. The van der Waals surface area contributed by atoms with E-state index in [1.807, 2.05) is 19.1 Å². The zero-order valence-electron chi connectivity index (χ0n) is 13.8. The summed E-state index contributed by atoms with van der Waals surface area (Å²) >= 11 is 0. The maximum Gasteiger partial charge on any atom is 0.213 e. The van der Waals surface area contributed by atoms with Crippen molar-refractivity contribution in [1.82, 2.24) is 4.98 Å². The van der Waals surface area contributed by atoms with Crippen LogP contribution in [0.15, 0.2) is 72.9 Å². The minimum Gasteiger partial charge on any atom is -0.490 e. The highest BCUT2D eigenvalue weighted by Gasteiger charge is 2.07. The van der Waals surface area contributed by atoms with E-state index >= 15 is 0 Å². The number of hydrogen-bond donors (Lipinski definition) is 0. The molecule has 3 aromatic rings. The lowest BCUT2D eigenvalue weighted by Crippen LogP contribution is -2.21. The Morgan fingerprint density at radius 2 is 1.64 bits per heavy atom. The van der Waals surface area contributed by atoms with Crippen molar-refractivity contribution in [2.45, 2.75) is 13.0 Å². The molecule has 0 bridgehead atoms. The molecule has 0 aliphatic carbocycles. The summed E-state index contributed by atoms with van der Waals surface area (Å²) in [6, 6.07) is 18.8. The number of ether oxygens (including phenoxy) is 3. The number of para-hydroxylation sites is 1. The molecule has 0 saturated carbocycles. The fraction of sp³-hybridized carbons (Fsp3) is 0.150. The number of hydrogen-bond acceptors (Lipinski definition) is 4. The van der Waals surface area contributed by atoms with Gasteiger partial charge in [0.2, 0.25) is 5.88 Å². The van der Waals surface area contributed by atoms with Crippen molar-refractivity contribution < 1.29 is 18.6 Å². The average Bonchev–Trinajstić information content (AvgIpc) is 2.64. The summed E-state index contributed by atoms with van der Waals surface area (Å²) in [4.78, 5) is 4.11. The third-order valence-electron chi connectivity index (χ3n) is 3.33. The van der Waals surface area contributed by atoms with Gasteiger partial charge in [0.15, 0.2) is 11.6 Å². The highest BCUT2D eigenvalue weighted by Crippen LogP contribution is 2.25. The molecule has 3 rings (SSSR count). The molecule has 1 aromatic heterocycles. The normalized spacial score (nSPS) is 11.6. The first kappa shape index (κ1) is 16.8. The van der Waals surface area contributed by atoms with Crippen molar-refractivity contribution in [3.8, 4) is 23.1 Å². The van der Waals surface area contributed by atoms with E-state index in [0.717, 1.165) is 0 Å². The summed E-state index contributed by atoms with van der Waals surface area (Å²) in [7, 11) is 0. The minimum absolute atomic E-state index is 0.149. The third kappa shape index (κ3) is 4.94. The number of rotatable bonds is 7. The van der Waals surface area contributed by atoms with E-state index in [9.17, 15) is 4.39 Å². The lowest BCUT2D eigenvalue weighted by Gasteiger charge is -2.15. The number of nitrogens with zero attached hydrogens (tertiary/aromatic N) is 1. The first-order valence-corrected chi connectivity index (χ1v) is 7.93. The van der Waals surface area contributed by atoms with Crippen molar-refractivity contribution in [3.05, 3.63) is 78.7 Å². The lowest BCUT2D eigenvalue weighted by molar-refractivity contribution is 0.138. The van der Waals surface area contributed by atoms with Crippen LogP contribution in [0.4, 0.5) is 4.39 Å². The van der Waals surface area contributed by atoms with Crippen LogP contribution in [0.2, 0.25) is 0 Å². The van der Waals surface area contributed by atoms with Crippen LogP contribution in [0.3, 0.4) is 0 Å². The molecule has 4 nitrogen and oxygen atoms in total. The monoisotopic (exact) mass is 339 g/mol. The maximum absolute atomic E-state index is 13.6. The van der Waals surface area contributed by atoms with Crippen LogP contribution in [-0.2, 0) is 0 Å². The highest BCUT2D eigenvalue weighted by atomic mass is 19.1. The van der Waals surface area contributed by atoms with E-state index in [1.54, 1.807) is 54.7 Å². The predicted octanol–water partition coefficient (Wildman–Crippen LogP) is 4.86. The summed E-state index contributed by atoms with van der Waals surface area (Å²) in [5.74, 6) is 1.57. The zero-order valence-corrected chi connectivity index (χ0v) is 13.8. The van der Waals surface area contributed by atoms with Crippen LogP contribution >= 0.6 is 0 Å². The van der Waals surface area contributed by atoms with Gasteiger partial charge in [-0.25, -0.2) is 9.37 Å². The van der Waals surface area contributed by atoms with Gasteiger partial charge in [-0.15, -0.1) is 0 Å². The lowest BCUT2D eigenvalue weighted by atomic mass is 10.3. The van der Waals surface area contributed by atoms with Gasteiger partial charge in [0.1, 0.15) is 24.2 Å². The fourth-order valence-corrected chi connectivity index (χ4v) is 2.13. The van der Waals surface area contributed by atoms with Gasteiger partial charge in [-0.2, -0.15) is 0 Å². The smallest absolute Gasteiger partial charge is 0.213 e. The van der Waals surface area contributed by atoms with Gasteiger partial charge in [-0.3, -0.25) is 0 Å². The summed E-state index contributed by atoms with van der Waals surface area (Å²) in [6.07, 6.45) is 1.53. The first-order valence-electron chi connectivity index (χ1n) is 7.93.